The van der Waals surface area contributed by atoms with Crippen molar-refractivity contribution in [3.8, 4) is 0 Å². The molecule has 1 aromatic carbocycles. The van der Waals surface area contributed by atoms with Gasteiger partial charge in [0, 0.05) is 17.8 Å². The molecule has 0 radical (unpaired) electrons. The monoisotopic (exact) mass is 262 g/mol. The van der Waals surface area contributed by atoms with Gasteiger partial charge in [-0.1, -0.05) is 18.2 Å². The molecular formula is C14H18N2O3. The molecule has 0 aliphatic carbocycles. The normalized spacial score (nSPS) is 18.1. The Balaban J connectivity index is 2.30. The largest absolute Gasteiger partial charge is 0.481 e. The van der Waals surface area contributed by atoms with Crippen LogP contribution in [-0.4, -0.2) is 29.2 Å². The van der Waals surface area contributed by atoms with Crippen LogP contribution in [0.5, 0.6) is 0 Å². The number of nitrogens with one attached hydrogen (secondary N) is 1. The molecular weight excluding hydrogens is 244 g/mol. The van der Waals surface area contributed by atoms with Crippen molar-refractivity contribution in [3.63, 3.8) is 0 Å². The number of hydrogen-bond acceptors (Lipinski definition) is 2. The number of fused-ring (bicyclic) bond motifs is 1. The molecule has 0 fully saturated rings. The van der Waals surface area contributed by atoms with Gasteiger partial charge in [-0.25, -0.2) is 4.79 Å². The highest BCUT2D eigenvalue weighted by atomic mass is 16.4. The summed E-state index contributed by atoms with van der Waals surface area (Å²) in [4.78, 5) is 25.0. The van der Waals surface area contributed by atoms with Gasteiger partial charge in [0.15, 0.2) is 0 Å². The van der Waals surface area contributed by atoms with Crippen LogP contribution in [0.1, 0.15) is 32.3 Å². The lowest BCUT2D eigenvalue weighted by atomic mass is 10.0. The molecule has 0 saturated carbocycles. The number of carbonyl (C=O) groups excluding carboxylic acids is 1. The number of anilines is 1. The van der Waals surface area contributed by atoms with Crippen molar-refractivity contribution >= 4 is 17.7 Å². The van der Waals surface area contributed by atoms with Gasteiger partial charge < -0.3 is 10.4 Å². The lowest BCUT2D eigenvalue weighted by Gasteiger charge is -2.26. The zero-order valence-corrected chi connectivity index (χ0v) is 11.3. The van der Waals surface area contributed by atoms with Gasteiger partial charge in [-0.2, -0.15) is 0 Å². The standard InChI is InChI=1S/C14H18N2O3/c1-14(2,3)15-13(19)16-8-10(12(17)18)9-6-4-5-7-11(9)16/h4-7,10H,8H2,1-3H3,(H,15,19)(H,17,18). The Labute approximate surface area is 112 Å². The van der Waals surface area contributed by atoms with Crippen LogP contribution in [0.15, 0.2) is 24.3 Å². The summed E-state index contributed by atoms with van der Waals surface area (Å²) in [7, 11) is 0. The molecule has 5 nitrogen and oxygen atoms in total. The number of aliphatic carboxylic acids is 1. The fourth-order valence-corrected chi connectivity index (χ4v) is 2.20. The number of para-hydroxylation sites is 1. The first-order valence-corrected chi connectivity index (χ1v) is 6.21. The smallest absolute Gasteiger partial charge is 0.322 e. The Morgan fingerprint density at radius 3 is 2.53 bits per heavy atom. The van der Waals surface area contributed by atoms with Crippen molar-refractivity contribution in [1.29, 1.82) is 0 Å². The molecule has 1 aliphatic heterocycles. The van der Waals surface area contributed by atoms with Gasteiger partial charge >= 0.3 is 12.0 Å². The number of carbonyl (C=O) groups is 2. The number of benzene rings is 1. The molecule has 0 aromatic heterocycles. The van der Waals surface area contributed by atoms with E-state index in [0.717, 1.165) is 0 Å². The molecule has 0 spiro atoms. The van der Waals surface area contributed by atoms with Crippen LogP contribution < -0.4 is 10.2 Å². The molecule has 2 rings (SSSR count). The molecule has 1 aliphatic rings. The third-order valence-electron chi connectivity index (χ3n) is 2.99. The molecule has 2 amide bonds. The van der Waals surface area contributed by atoms with E-state index >= 15 is 0 Å². The summed E-state index contributed by atoms with van der Waals surface area (Å²) < 4.78 is 0. The van der Waals surface area contributed by atoms with E-state index in [0.29, 0.717) is 11.3 Å². The van der Waals surface area contributed by atoms with E-state index < -0.39 is 11.9 Å². The second-order valence-electron chi connectivity index (χ2n) is 5.74. The Kier molecular flexibility index (Phi) is 3.22. The van der Waals surface area contributed by atoms with Crippen molar-refractivity contribution in [1.82, 2.24) is 5.32 Å². The number of nitrogens with zero attached hydrogens (tertiary/aromatic N) is 1. The first-order chi connectivity index (χ1) is 8.79. The third kappa shape index (κ3) is 2.70. The van der Waals surface area contributed by atoms with Gasteiger partial charge in [0.05, 0.1) is 0 Å². The lowest BCUT2D eigenvalue weighted by molar-refractivity contribution is -0.138. The van der Waals surface area contributed by atoms with Crippen molar-refractivity contribution in [2.75, 3.05) is 11.4 Å². The average Bonchev–Trinajstić information content (AvgIpc) is 2.66. The predicted octanol–water partition coefficient (Wildman–Crippen LogP) is 2.18. The molecule has 5 heteroatoms. The highest BCUT2D eigenvalue weighted by Crippen LogP contribution is 2.36. The summed E-state index contributed by atoms with van der Waals surface area (Å²) in [6, 6.07) is 6.88. The fraction of sp³-hybridized carbons (Fsp3) is 0.429. The van der Waals surface area contributed by atoms with Gasteiger partial charge in [-0.15, -0.1) is 0 Å². The minimum atomic E-state index is -0.904. The molecule has 102 valence electrons. The molecule has 19 heavy (non-hydrogen) atoms. The summed E-state index contributed by atoms with van der Waals surface area (Å²) in [5.41, 5.74) is 1.02. The maximum Gasteiger partial charge on any atom is 0.322 e. The number of urea groups is 1. The highest BCUT2D eigenvalue weighted by Gasteiger charge is 2.37. The second kappa shape index (κ2) is 4.57. The van der Waals surface area contributed by atoms with E-state index in [9.17, 15) is 14.7 Å². The predicted molar refractivity (Wildman–Crippen MR) is 72.4 cm³/mol. The van der Waals surface area contributed by atoms with E-state index in [-0.39, 0.29) is 18.1 Å². The molecule has 2 N–H and O–H groups in total. The van der Waals surface area contributed by atoms with Crippen molar-refractivity contribution in [2.45, 2.75) is 32.2 Å². The molecule has 0 bridgehead atoms. The maximum absolute atomic E-state index is 12.2. The van der Waals surface area contributed by atoms with Crippen LogP contribution in [0.4, 0.5) is 10.5 Å². The molecule has 1 atom stereocenters. The first kappa shape index (κ1) is 13.4. The second-order valence-corrected chi connectivity index (χ2v) is 5.74. The van der Waals surface area contributed by atoms with Gasteiger partial charge in [-0.05, 0) is 32.4 Å². The van der Waals surface area contributed by atoms with Crippen LogP contribution in [0.25, 0.3) is 0 Å². The summed E-state index contributed by atoms with van der Waals surface area (Å²) in [5.74, 6) is -1.56. The zero-order chi connectivity index (χ0) is 14.2. The van der Waals surface area contributed by atoms with E-state index in [4.69, 9.17) is 0 Å². The third-order valence-corrected chi connectivity index (χ3v) is 2.99. The van der Waals surface area contributed by atoms with E-state index in [2.05, 4.69) is 5.32 Å². The fourth-order valence-electron chi connectivity index (χ4n) is 2.20. The van der Waals surface area contributed by atoms with Crippen LogP contribution in [0, 0.1) is 0 Å². The summed E-state index contributed by atoms with van der Waals surface area (Å²) in [6.07, 6.45) is 0. The first-order valence-electron chi connectivity index (χ1n) is 6.21. The van der Waals surface area contributed by atoms with E-state index in [1.54, 1.807) is 24.3 Å². The van der Waals surface area contributed by atoms with E-state index in [1.165, 1.54) is 4.90 Å². The van der Waals surface area contributed by atoms with Crippen molar-refractivity contribution < 1.29 is 14.7 Å². The zero-order valence-electron chi connectivity index (χ0n) is 11.3. The Hall–Kier alpha value is -2.04. The summed E-state index contributed by atoms with van der Waals surface area (Å²) in [6.45, 7) is 5.85. The van der Waals surface area contributed by atoms with Gasteiger partial charge in [0.25, 0.3) is 0 Å². The summed E-state index contributed by atoms with van der Waals surface area (Å²) >= 11 is 0. The minimum absolute atomic E-state index is 0.177. The van der Waals surface area contributed by atoms with Crippen LogP contribution >= 0.6 is 0 Å². The van der Waals surface area contributed by atoms with Gasteiger partial charge in [-0.3, -0.25) is 9.69 Å². The number of hydrogen-bond donors (Lipinski definition) is 2. The minimum Gasteiger partial charge on any atom is -0.481 e. The Morgan fingerprint density at radius 2 is 1.95 bits per heavy atom. The van der Waals surface area contributed by atoms with Gasteiger partial charge in [0.1, 0.15) is 5.92 Å². The lowest BCUT2D eigenvalue weighted by Crippen LogP contribution is -2.48. The molecule has 1 aromatic rings. The number of amides is 2. The van der Waals surface area contributed by atoms with Crippen LogP contribution in [0.3, 0.4) is 0 Å². The van der Waals surface area contributed by atoms with Crippen molar-refractivity contribution in [2.24, 2.45) is 0 Å². The molecule has 1 heterocycles. The van der Waals surface area contributed by atoms with E-state index in [1.807, 2.05) is 20.8 Å². The Bertz CT molecular complexity index is 520. The number of carboxylic acids is 1. The maximum atomic E-state index is 12.2. The van der Waals surface area contributed by atoms with Gasteiger partial charge in [0.2, 0.25) is 0 Å². The summed E-state index contributed by atoms with van der Waals surface area (Å²) in [5, 5.41) is 12.1. The molecule has 1 unspecified atom stereocenters. The Morgan fingerprint density at radius 1 is 1.32 bits per heavy atom. The highest BCUT2D eigenvalue weighted by molar-refractivity contribution is 5.98. The number of rotatable bonds is 1. The van der Waals surface area contributed by atoms with Crippen LogP contribution in [0.2, 0.25) is 0 Å². The topological polar surface area (TPSA) is 69.6 Å². The number of carboxylic acid groups (broad SMARTS) is 1. The molecule has 0 saturated heterocycles. The van der Waals surface area contributed by atoms with Crippen LogP contribution in [-0.2, 0) is 4.79 Å². The quantitative estimate of drug-likeness (QED) is 0.815. The average molecular weight is 262 g/mol. The SMILES string of the molecule is CC(C)(C)NC(=O)N1CC(C(=O)O)c2ccccc21. The van der Waals surface area contributed by atoms with Crippen molar-refractivity contribution in [3.05, 3.63) is 29.8 Å².